The van der Waals surface area contributed by atoms with Crippen LogP contribution < -0.4 is 9.47 Å². The highest BCUT2D eigenvalue weighted by molar-refractivity contribution is 7.89. The number of methoxy groups -OCH3 is 2. The highest BCUT2D eigenvalue weighted by Crippen LogP contribution is 2.36. The van der Waals surface area contributed by atoms with E-state index in [0.717, 1.165) is 4.31 Å². The predicted molar refractivity (Wildman–Crippen MR) is 74.2 cm³/mol. The van der Waals surface area contributed by atoms with Crippen molar-refractivity contribution in [2.75, 3.05) is 27.4 Å². The van der Waals surface area contributed by atoms with Crippen molar-refractivity contribution in [3.63, 3.8) is 0 Å². The Kier molecular flexibility index (Phi) is 4.26. The number of fused-ring (bicyclic) bond motifs is 1. The molecule has 1 amide bonds. The number of carbonyl (C=O) groups is 1. The molecule has 0 spiro atoms. The van der Waals surface area contributed by atoms with Gasteiger partial charge in [-0.25, -0.2) is 17.5 Å². The van der Waals surface area contributed by atoms with E-state index in [-0.39, 0.29) is 18.0 Å². The van der Waals surface area contributed by atoms with Crippen LogP contribution in [0.4, 0.5) is 4.79 Å². The van der Waals surface area contributed by atoms with E-state index in [1.807, 2.05) is 0 Å². The van der Waals surface area contributed by atoms with Gasteiger partial charge in [-0.2, -0.15) is 0 Å². The van der Waals surface area contributed by atoms with Gasteiger partial charge in [-0.15, -0.1) is 0 Å². The molecule has 1 aromatic rings. The van der Waals surface area contributed by atoms with E-state index in [2.05, 4.69) is 0 Å². The molecule has 1 aliphatic rings. The van der Waals surface area contributed by atoms with Gasteiger partial charge in [0.1, 0.15) is 0 Å². The molecule has 7 nitrogen and oxygen atoms in total. The molecule has 1 aliphatic heterocycles. The molecule has 1 aromatic carbocycles. The molecule has 0 saturated heterocycles. The molecule has 8 heteroatoms. The first-order valence-electron chi connectivity index (χ1n) is 6.40. The van der Waals surface area contributed by atoms with E-state index < -0.39 is 16.1 Å². The minimum absolute atomic E-state index is 0.0412. The third-order valence-corrected chi connectivity index (χ3v) is 5.04. The Morgan fingerprint density at radius 1 is 1.24 bits per heavy atom. The molecular weight excluding hydrogens is 298 g/mol. The maximum atomic E-state index is 12.5. The molecule has 0 aromatic heterocycles. The fourth-order valence-corrected chi connectivity index (χ4v) is 3.75. The number of ether oxygens (including phenoxy) is 3. The van der Waals surface area contributed by atoms with E-state index in [9.17, 15) is 13.2 Å². The molecule has 21 heavy (non-hydrogen) atoms. The average Bonchev–Trinajstić information content (AvgIpc) is 2.46. The van der Waals surface area contributed by atoms with Crippen molar-refractivity contribution < 1.29 is 27.4 Å². The maximum absolute atomic E-state index is 12.5. The van der Waals surface area contributed by atoms with Crippen LogP contribution in [0.5, 0.6) is 11.5 Å². The number of benzene rings is 1. The Labute approximate surface area is 123 Å². The van der Waals surface area contributed by atoms with Gasteiger partial charge in [0.2, 0.25) is 0 Å². The molecule has 0 N–H and O–H groups in total. The van der Waals surface area contributed by atoms with Gasteiger partial charge < -0.3 is 14.2 Å². The summed E-state index contributed by atoms with van der Waals surface area (Å²) in [5.41, 5.74) is 0.591. The van der Waals surface area contributed by atoms with Crippen LogP contribution in [-0.4, -0.2) is 46.2 Å². The van der Waals surface area contributed by atoms with Gasteiger partial charge in [0.15, 0.2) is 11.5 Å². The maximum Gasteiger partial charge on any atom is 0.423 e. The van der Waals surface area contributed by atoms with Gasteiger partial charge in [0.05, 0.1) is 25.7 Å². The second-order valence-electron chi connectivity index (χ2n) is 4.34. The van der Waals surface area contributed by atoms with Crippen LogP contribution in [0.1, 0.15) is 12.5 Å². The van der Waals surface area contributed by atoms with Crippen molar-refractivity contribution >= 4 is 16.1 Å². The van der Waals surface area contributed by atoms with Crippen molar-refractivity contribution in [2.24, 2.45) is 0 Å². The fraction of sp³-hybridized carbons (Fsp3) is 0.462. The standard InChI is InChI=1S/C13H17NO6S/c1-4-20-13(15)14-6-5-9-7-10(18-2)11(19-3)8-12(9)21(14,16)17/h7-8H,4-6H2,1-3H3. The second-order valence-corrected chi connectivity index (χ2v) is 6.17. The van der Waals surface area contributed by atoms with E-state index in [0.29, 0.717) is 23.5 Å². The van der Waals surface area contributed by atoms with Crippen molar-refractivity contribution in [1.29, 1.82) is 0 Å². The highest BCUT2D eigenvalue weighted by atomic mass is 32.2. The Balaban J connectivity index is 2.51. The molecule has 0 bridgehead atoms. The van der Waals surface area contributed by atoms with Gasteiger partial charge in [0.25, 0.3) is 10.0 Å². The Bertz CT molecular complexity index is 655. The molecular formula is C13H17NO6S. The minimum Gasteiger partial charge on any atom is -0.493 e. The van der Waals surface area contributed by atoms with Gasteiger partial charge in [-0.3, -0.25) is 0 Å². The summed E-state index contributed by atoms with van der Waals surface area (Å²) in [5.74, 6) is 0.751. The zero-order valence-corrected chi connectivity index (χ0v) is 12.9. The number of hydrogen-bond acceptors (Lipinski definition) is 6. The molecule has 1 heterocycles. The normalized spacial score (nSPS) is 16.0. The molecule has 0 radical (unpaired) electrons. The number of amides is 1. The van der Waals surface area contributed by atoms with Gasteiger partial charge in [0, 0.05) is 12.6 Å². The number of carbonyl (C=O) groups excluding carboxylic acids is 1. The first-order chi connectivity index (χ1) is 9.95. The Hall–Kier alpha value is -1.96. The van der Waals surface area contributed by atoms with Crippen LogP contribution in [0.3, 0.4) is 0 Å². The van der Waals surface area contributed by atoms with Crippen LogP contribution >= 0.6 is 0 Å². The smallest absolute Gasteiger partial charge is 0.423 e. The number of nitrogens with zero attached hydrogens (tertiary/aromatic N) is 1. The summed E-state index contributed by atoms with van der Waals surface area (Å²) in [6, 6.07) is 2.99. The monoisotopic (exact) mass is 315 g/mol. The third kappa shape index (κ3) is 2.63. The van der Waals surface area contributed by atoms with E-state index in [4.69, 9.17) is 14.2 Å². The first-order valence-corrected chi connectivity index (χ1v) is 7.84. The molecule has 116 valence electrons. The molecule has 2 rings (SSSR count). The van der Waals surface area contributed by atoms with E-state index >= 15 is 0 Å². The quantitative estimate of drug-likeness (QED) is 0.838. The summed E-state index contributed by atoms with van der Waals surface area (Å²) in [7, 11) is -1.04. The lowest BCUT2D eigenvalue weighted by molar-refractivity contribution is 0.130. The largest absolute Gasteiger partial charge is 0.493 e. The lowest BCUT2D eigenvalue weighted by Gasteiger charge is -2.28. The number of rotatable bonds is 3. The summed E-state index contributed by atoms with van der Waals surface area (Å²) in [4.78, 5) is 11.8. The third-order valence-electron chi connectivity index (χ3n) is 3.19. The van der Waals surface area contributed by atoms with Crippen LogP contribution in [0.15, 0.2) is 17.0 Å². The zero-order valence-electron chi connectivity index (χ0n) is 12.1. The number of sulfonamides is 1. The van der Waals surface area contributed by atoms with Crippen LogP contribution in [0, 0.1) is 0 Å². The average molecular weight is 315 g/mol. The topological polar surface area (TPSA) is 82.1 Å². The van der Waals surface area contributed by atoms with Crippen LogP contribution in [0.25, 0.3) is 0 Å². The molecule has 0 atom stereocenters. The van der Waals surface area contributed by atoms with Crippen molar-refractivity contribution in [3.8, 4) is 11.5 Å². The Morgan fingerprint density at radius 2 is 1.86 bits per heavy atom. The fourth-order valence-electron chi connectivity index (χ4n) is 2.18. The predicted octanol–water partition coefficient (Wildman–Crippen LogP) is 1.41. The minimum atomic E-state index is -3.94. The van der Waals surface area contributed by atoms with E-state index in [1.165, 1.54) is 20.3 Å². The van der Waals surface area contributed by atoms with Gasteiger partial charge in [-0.05, 0) is 25.0 Å². The summed E-state index contributed by atoms with van der Waals surface area (Å²) in [6.45, 7) is 1.78. The lowest BCUT2D eigenvalue weighted by atomic mass is 10.1. The summed E-state index contributed by atoms with van der Waals surface area (Å²) in [6.07, 6.45) is -0.466. The lowest BCUT2D eigenvalue weighted by Crippen LogP contribution is -2.42. The summed E-state index contributed by atoms with van der Waals surface area (Å²) in [5, 5.41) is 0. The van der Waals surface area contributed by atoms with Crippen LogP contribution in [-0.2, 0) is 21.2 Å². The second kappa shape index (κ2) is 5.80. The van der Waals surface area contributed by atoms with Gasteiger partial charge >= 0.3 is 6.09 Å². The summed E-state index contributed by atoms with van der Waals surface area (Å²) >= 11 is 0. The molecule has 0 fully saturated rings. The molecule has 0 unspecified atom stereocenters. The summed E-state index contributed by atoms with van der Waals surface area (Å²) < 4.78 is 40.8. The molecule has 0 saturated carbocycles. The first kappa shape index (κ1) is 15.4. The number of hydrogen-bond donors (Lipinski definition) is 0. The van der Waals surface area contributed by atoms with Crippen molar-refractivity contribution in [1.82, 2.24) is 4.31 Å². The zero-order chi connectivity index (χ0) is 15.6. The van der Waals surface area contributed by atoms with E-state index in [1.54, 1.807) is 13.0 Å². The SMILES string of the molecule is CCOC(=O)N1CCc2cc(OC)c(OC)cc2S1(=O)=O. The molecule has 0 aliphatic carbocycles. The van der Waals surface area contributed by atoms with Crippen molar-refractivity contribution in [2.45, 2.75) is 18.2 Å². The van der Waals surface area contributed by atoms with Gasteiger partial charge in [-0.1, -0.05) is 0 Å². The van der Waals surface area contributed by atoms with Crippen molar-refractivity contribution in [3.05, 3.63) is 17.7 Å². The highest BCUT2D eigenvalue weighted by Gasteiger charge is 2.37. The van der Waals surface area contributed by atoms with Crippen LogP contribution in [0.2, 0.25) is 0 Å². The Morgan fingerprint density at radius 3 is 2.43 bits per heavy atom.